The lowest BCUT2D eigenvalue weighted by molar-refractivity contribution is -0.651. The molecule has 0 saturated heterocycles. The SMILES string of the molecule is COS(=O)(=O)O.Cc1cc(Cl)c2ccccc2[n+]1C. The van der Waals surface area contributed by atoms with Crippen LogP contribution >= 0.6 is 11.6 Å². The standard InChI is InChI=1S/C11H11ClN.CH4O4S/c1-8-7-10(12)9-5-3-4-6-11(9)13(8)2;1-5-6(2,3)4/h3-7H,1-2H3;1H3,(H,2,3,4)/q+1;. The Bertz CT molecular complexity index is 685. The predicted octanol–water partition coefficient (Wildman–Crippen LogP) is 2.06. The Morgan fingerprint density at radius 3 is 2.37 bits per heavy atom. The van der Waals surface area contributed by atoms with Crippen LogP contribution in [0.3, 0.4) is 0 Å². The smallest absolute Gasteiger partial charge is 0.264 e. The molecule has 0 aliphatic rings. The van der Waals surface area contributed by atoms with Gasteiger partial charge in [0.25, 0.3) is 0 Å². The van der Waals surface area contributed by atoms with Crippen molar-refractivity contribution >= 4 is 32.9 Å². The van der Waals surface area contributed by atoms with E-state index in [2.05, 4.69) is 21.7 Å². The van der Waals surface area contributed by atoms with Crippen molar-refractivity contribution in [3.05, 3.63) is 41.0 Å². The minimum Gasteiger partial charge on any atom is -0.264 e. The molecule has 0 unspecified atom stereocenters. The summed E-state index contributed by atoms with van der Waals surface area (Å²) in [5.74, 6) is 0. The summed E-state index contributed by atoms with van der Waals surface area (Å²) in [7, 11) is -1.24. The normalized spacial score (nSPS) is 11.0. The van der Waals surface area contributed by atoms with Gasteiger partial charge < -0.3 is 0 Å². The molecule has 2 rings (SSSR count). The Kier molecular flexibility index (Phi) is 5.25. The molecule has 5 nitrogen and oxygen atoms in total. The maximum atomic E-state index is 9.33. The predicted molar refractivity (Wildman–Crippen MR) is 73.4 cm³/mol. The van der Waals surface area contributed by atoms with Crippen molar-refractivity contribution in [1.82, 2.24) is 0 Å². The second kappa shape index (κ2) is 6.29. The van der Waals surface area contributed by atoms with Crippen LogP contribution in [-0.2, 0) is 21.6 Å². The zero-order chi connectivity index (χ0) is 14.6. The number of aryl methyl sites for hydroxylation is 2. The van der Waals surface area contributed by atoms with E-state index in [1.165, 1.54) is 11.2 Å². The molecular weight excluding hydrogens is 290 g/mol. The molecule has 0 bridgehead atoms. The van der Waals surface area contributed by atoms with E-state index < -0.39 is 10.4 Å². The Morgan fingerprint density at radius 2 is 1.84 bits per heavy atom. The first-order chi connectivity index (χ1) is 8.76. The van der Waals surface area contributed by atoms with Gasteiger partial charge in [0, 0.05) is 19.1 Å². The maximum absolute atomic E-state index is 9.33. The van der Waals surface area contributed by atoms with Crippen LogP contribution in [0.2, 0.25) is 5.02 Å². The third-order valence-electron chi connectivity index (χ3n) is 2.60. The Morgan fingerprint density at radius 1 is 1.32 bits per heavy atom. The third-order valence-corrected chi connectivity index (χ3v) is 3.33. The highest BCUT2D eigenvalue weighted by molar-refractivity contribution is 7.80. The number of hydrogen-bond acceptors (Lipinski definition) is 3. The monoisotopic (exact) mass is 304 g/mol. The van der Waals surface area contributed by atoms with E-state index in [1.807, 2.05) is 31.3 Å². The molecule has 0 fully saturated rings. The van der Waals surface area contributed by atoms with Crippen LogP contribution in [0.5, 0.6) is 0 Å². The number of hydrogen-bond donors (Lipinski definition) is 1. The second-order valence-electron chi connectivity index (χ2n) is 3.80. The fourth-order valence-corrected chi connectivity index (χ4v) is 1.83. The summed E-state index contributed by atoms with van der Waals surface area (Å²) in [4.78, 5) is 0. The van der Waals surface area contributed by atoms with Gasteiger partial charge in [0.2, 0.25) is 5.52 Å². The number of para-hydroxylation sites is 1. The first-order valence-electron chi connectivity index (χ1n) is 5.33. The molecule has 0 atom stereocenters. The fraction of sp³-hybridized carbons (Fsp3) is 0.250. The highest BCUT2D eigenvalue weighted by Gasteiger charge is 2.10. The van der Waals surface area contributed by atoms with Crippen LogP contribution in [0.1, 0.15) is 5.69 Å². The van der Waals surface area contributed by atoms with Gasteiger partial charge in [-0.15, -0.1) is 0 Å². The molecule has 1 heterocycles. The molecule has 0 saturated carbocycles. The number of halogens is 1. The zero-order valence-electron chi connectivity index (χ0n) is 10.8. The number of pyridine rings is 1. The molecule has 1 aromatic heterocycles. The van der Waals surface area contributed by atoms with E-state index in [1.54, 1.807) is 0 Å². The van der Waals surface area contributed by atoms with Crippen molar-refractivity contribution in [1.29, 1.82) is 0 Å². The number of benzene rings is 1. The van der Waals surface area contributed by atoms with Crippen LogP contribution in [0, 0.1) is 6.92 Å². The fourth-order valence-electron chi connectivity index (χ4n) is 1.52. The average Bonchev–Trinajstić information content (AvgIpc) is 2.36. The number of rotatable bonds is 1. The maximum Gasteiger partial charge on any atom is 0.397 e. The first kappa shape index (κ1) is 15.8. The van der Waals surface area contributed by atoms with E-state index in [4.69, 9.17) is 16.2 Å². The van der Waals surface area contributed by atoms with E-state index in [0.717, 1.165) is 17.5 Å². The summed E-state index contributed by atoms with van der Waals surface area (Å²) in [5, 5.41) is 1.93. The topological polar surface area (TPSA) is 67.5 Å². The molecule has 0 aliphatic carbocycles. The van der Waals surface area contributed by atoms with Gasteiger partial charge in [-0.1, -0.05) is 23.7 Å². The van der Waals surface area contributed by atoms with E-state index >= 15 is 0 Å². The van der Waals surface area contributed by atoms with Crippen LogP contribution in [0.15, 0.2) is 30.3 Å². The summed E-state index contributed by atoms with van der Waals surface area (Å²) < 4.78 is 31.8. The summed E-state index contributed by atoms with van der Waals surface area (Å²) >= 11 is 6.12. The van der Waals surface area contributed by atoms with Crippen LogP contribution in [0.25, 0.3) is 10.9 Å². The lowest BCUT2D eigenvalue weighted by Crippen LogP contribution is -2.32. The van der Waals surface area contributed by atoms with Crippen LogP contribution < -0.4 is 4.57 Å². The van der Waals surface area contributed by atoms with Gasteiger partial charge in [-0.3, -0.25) is 8.74 Å². The number of aromatic nitrogens is 1. The molecule has 19 heavy (non-hydrogen) atoms. The van der Waals surface area contributed by atoms with E-state index in [9.17, 15) is 8.42 Å². The van der Waals surface area contributed by atoms with Crippen LogP contribution in [0.4, 0.5) is 0 Å². The van der Waals surface area contributed by atoms with Crippen molar-refractivity contribution in [2.75, 3.05) is 7.11 Å². The Balaban J connectivity index is 0.000000258. The van der Waals surface area contributed by atoms with Crippen molar-refractivity contribution in [2.45, 2.75) is 6.92 Å². The molecule has 0 amide bonds. The van der Waals surface area contributed by atoms with Gasteiger partial charge >= 0.3 is 10.4 Å². The second-order valence-corrected chi connectivity index (χ2v) is 5.40. The van der Waals surface area contributed by atoms with Gasteiger partial charge in [-0.05, 0) is 6.07 Å². The lowest BCUT2D eigenvalue weighted by Gasteiger charge is -2.00. The number of fused-ring (bicyclic) bond motifs is 1. The molecule has 0 radical (unpaired) electrons. The van der Waals surface area contributed by atoms with Crippen molar-refractivity contribution in [3.63, 3.8) is 0 Å². The highest BCUT2D eigenvalue weighted by atomic mass is 35.5. The van der Waals surface area contributed by atoms with Gasteiger partial charge in [-0.25, -0.2) is 0 Å². The zero-order valence-corrected chi connectivity index (χ0v) is 12.4. The van der Waals surface area contributed by atoms with Gasteiger partial charge in [0.15, 0.2) is 5.69 Å². The average molecular weight is 305 g/mol. The first-order valence-corrected chi connectivity index (χ1v) is 7.07. The minimum atomic E-state index is -4.16. The largest absolute Gasteiger partial charge is 0.397 e. The molecule has 1 N–H and O–H groups in total. The molecule has 7 heteroatoms. The van der Waals surface area contributed by atoms with Crippen molar-refractivity contribution < 1.29 is 21.7 Å². The molecule has 0 aliphatic heterocycles. The van der Waals surface area contributed by atoms with Gasteiger partial charge in [0.1, 0.15) is 7.05 Å². The Labute approximate surface area is 117 Å². The summed E-state index contributed by atoms with van der Waals surface area (Å²) in [6, 6.07) is 10.1. The third kappa shape index (κ3) is 4.43. The molecular formula is C12H15ClNO4S+. The minimum absolute atomic E-state index is 0.825. The van der Waals surface area contributed by atoms with Gasteiger partial charge in [-0.2, -0.15) is 13.0 Å². The highest BCUT2D eigenvalue weighted by Crippen LogP contribution is 2.20. The van der Waals surface area contributed by atoms with Crippen molar-refractivity contribution in [3.8, 4) is 0 Å². The molecule has 104 valence electrons. The molecule has 2 aromatic rings. The Hall–Kier alpha value is -1.21. The van der Waals surface area contributed by atoms with Crippen molar-refractivity contribution in [2.24, 2.45) is 7.05 Å². The van der Waals surface area contributed by atoms with Gasteiger partial charge in [0.05, 0.1) is 17.5 Å². The summed E-state index contributed by atoms with van der Waals surface area (Å²) in [5.41, 5.74) is 2.34. The molecule has 0 spiro atoms. The lowest BCUT2D eigenvalue weighted by atomic mass is 10.2. The summed E-state index contributed by atoms with van der Waals surface area (Å²) in [6.07, 6.45) is 0. The van der Waals surface area contributed by atoms with E-state index in [0.29, 0.717) is 0 Å². The van der Waals surface area contributed by atoms with E-state index in [-0.39, 0.29) is 0 Å². The van der Waals surface area contributed by atoms with Crippen LogP contribution in [-0.4, -0.2) is 20.1 Å². The molecule has 1 aromatic carbocycles. The quantitative estimate of drug-likeness (QED) is 0.647. The number of nitrogens with zero attached hydrogens (tertiary/aromatic N) is 1. The summed E-state index contributed by atoms with van der Waals surface area (Å²) in [6.45, 7) is 2.05.